The molecule has 5 rings (SSSR count). The van der Waals surface area contributed by atoms with Crippen LogP contribution in [0.3, 0.4) is 0 Å². The van der Waals surface area contributed by atoms with E-state index in [2.05, 4.69) is 10.3 Å². The third kappa shape index (κ3) is 5.80. The van der Waals surface area contributed by atoms with Crippen LogP contribution in [0.2, 0.25) is 0 Å². The van der Waals surface area contributed by atoms with Gasteiger partial charge in [-0.25, -0.2) is 9.40 Å². The molecule has 0 radical (unpaired) electrons. The standard InChI is InChI=1S/C29H27FN4O4S/c1-17-4-10-20(11-5-17)31-27(35)16-26-28(36)32-29(39-26)34-24(18-6-8-19(30)9-7-18)15-23(33-34)22-14-21(37-2)12-13-25(22)38-3/h4-14,24,26H,15-16H2,1-3H3,(H,31,35). The first kappa shape index (κ1) is 26.4. The van der Waals surface area contributed by atoms with E-state index in [-0.39, 0.29) is 24.2 Å². The molecule has 2 atom stereocenters. The van der Waals surface area contributed by atoms with E-state index in [1.165, 1.54) is 23.9 Å². The first-order valence-electron chi connectivity index (χ1n) is 12.3. The summed E-state index contributed by atoms with van der Waals surface area (Å²) in [6.45, 7) is 1.97. The molecule has 3 aromatic rings. The van der Waals surface area contributed by atoms with Crippen molar-refractivity contribution in [1.29, 1.82) is 0 Å². The van der Waals surface area contributed by atoms with Crippen LogP contribution in [0.5, 0.6) is 11.5 Å². The first-order valence-corrected chi connectivity index (χ1v) is 13.2. The summed E-state index contributed by atoms with van der Waals surface area (Å²) in [6, 6.07) is 18.7. The minimum Gasteiger partial charge on any atom is -0.497 e. The second-order valence-electron chi connectivity index (χ2n) is 9.19. The van der Waals surface area contributed by atoms with Crippen LogP contribution in [0.1, 0.15) is 35.6 Å². The smallest absolute Gasteiger partial charge is 0.262 e. The molecule has 0 saturated carbocycles. The minimum absolute atomic E-state index is 0.0281. The van der Waals surface area contributed by atoms with E-state index >= 15 is 0 Å². The summed E-state index contributed by atoms with van der Waals surface area (Å²) in [5.41, 5.74) is 4.01. The molecule has 3 aromatic carbocycles. The molecule has 2 aliphatic rings. The van der Waals surface area contributed by atoms with Gasteiger partial charge in [0.1, 0.15) is 22.6 Å². The van der Waals surface area contributed by atoms with Crippen molar-refractivity contribution in [3.05, 3.63) is 89.2 Å². The maximum absolute atomic E-state index is 13.7. The minimum atomic E-state index is -0.676. The van der Waals surface area contributed by atoms with Crippen molar-refractivity contribution in [2.24, 2.45) is 10.1 Å². The van der Waals surface area contributed by atoms with Crippen LogP contribution in [0, 0.1) is 12.7 Å². The zero-order valence-corrected chi connectivity index (χ0v) is 22.5. The Morgan fingerprint density at radius 3 is 2.51 bits per heavy atom. The van der Waals surface area contributed by atoms with Crippen LogP contribution in [0.15, 0.2) is 76.8 Å². The number of benzene rings is 3. The van der Waals surface area contributed by atoms with Gasteiger partial charge in [0.05, 0.1) is 26.0 Å². The lowest BCUT2D eigenvalue weighted by Gasteiger charge is -2.23. The van der Waals surface area contributed by atoms with Gasteiger partial charge in [-0.05, 0) is 55.0 Å². The first-order chi connectivity index (χ1) is 18.8. The highest BCUT2D eigenvalue weighted by atomic mass is 32.2. The molecule has 0 saturated heterocycles. The Morgan fingerprint density at radius 2 is 1.82 bits per heavy atom. The Bertz CT molecular complexity index is 1460. The average molecular weight is 547 g/mol. The number of hydrogen-bond donors (Lipinski definition) is 1. The summed E-state index contributed by atoms with van der Waals surface area (Å²) in [6.07, 6.45) is 0.432. The number of thioether (sulfide) groups is 1. The zero-order valence-electron chi connectivity index (χ0n) is 21.7. The largest absolute Gasteiger partial charge is 0.497 e. The van der Waals surface area contributed by atoms with Gasteiger partial charge in [-0.2, -0.15) is 10.1 Å². The van der Waals surface area contributed by atoms with Gasteiger partial charge in [0.2, 0.25) is 5.91 Å². The molecule has 0 fully saturated rings. The van der Waals surface area contributed by atoms with E-state index in [1.54, 1.807) is 43.5 Å². The number of halogens is 1. The molecular formula is C29H27FN4O4S. The number of aliphatic imine (C=N–C) groups is 1. The highest BCUT2D eigenvalue weighted by Crippen LogP contribution is 2.40. The summed E-state index contributed by atoms with van der Waals surface area (Å²) in [7, 11) is 3.16. The summed E-state index contributed by atoms with van der Waals surface area (Å²) >= 11 is 1.20. The normalized spacial score (nSPS) is 18.6. The number of amides is 2. The van der Waals surface area contributed by atoms with Crippen LogP contribution in [-0.4, -0.2) is 47.2 Å². The lowest BCUT2D eigenvalue weighted by atomic mass is 9.98. The molecule has 200 valence electrons. The number of anilines is 1. The molecule has 2 heterocycles. The predicted molar refractivity (Wildman–Crippen MR) is 150 cm³/mol. The van der Waals surface area contributed by atoms with E-state index in [4.69, 9.17) is 14.6 Å². The number of aryl methyl sites for hydroxylation is 1. The highest BCUT2D eigenvalue weighted by molar-refractivity contribution is 8.15. The number of amidine groups is 1. The molecule has 0 aliphatic carbocycles. The molecule has 39 heavy (non-hydrogen) atoms. The Kier molecular flexibility index (Phi) is 7.65. The predicted octanol–water partition coefficient (Wildman–Crippen LogP) is 5.33. The monoisotopic (exact) mass is 546 g/mol. The Labute approximate surface area is 229 Å². The molecule has 2 amide bonds. The molecule has 2 aliphatic heterocycles. The van der Waals surface area contributed by atoms with Gasteiger partial charge >= 0.3 is 0 Å². The topological polar surface area (TPSA) is 92.6 Å². The van der Waals surface area contributed by atoms with Crippen LogP contribution in [0.25, 0.3) is 0 Å². The number of ether oxygens (including phenoxy) is 2. The lowest BCUT2D eigenvalue weighted by Crippen LogP contribution is -2.25. The number of nitrogens with zero attached hydrogens (tertiary/aromatic N) is 3. The van der Waals surface area contributed by atoms with Gasteiger partial charge in [-0.1, -0.05) is 41.6 Å². The van der Waals surface area contributed by atoms with Crippen molar-refractivity contribution < 1.29 is 23.5 Å². The van der Waals surface area contributed by atoms with Gasteiger partial charge in [-0.15, -0.1) is 0 Å². The van der Waals surface area contributed by atoms with Crippen LogP contribution < -0.4 is 14.8 Å². The van der Waals surface area contributed by atoms with Crippen LogP contribution in [-0.2, 0) is 9.59 Å². The second kappa shape index (κ2) is 11.3. The molecule has 10 heteroatoms. The number of nitrogens with one attached hydrogen (secondary N) is 1. The van der Waals surface area contributed by atoms with Gasteiger partial charge in [0, 0.05) is 24.1 Å². The Hall–Kier alpha value is -4.18. The Balaban J connectivity index is 1.40. The molecule has 0 spiro atoms. The van der Waals surface area contributed by atoms with E-state index in [0.717, 1.165) is 16.7 Å². The third-order valence-electron chi connectivity index (χ3n) is 6.51. The fourth-order valence-electron chi connectivity index (χ4n) is 4.46. The van der Waals surface area contributed by atoms with Gasteiger partial charge < -0.3 is 14.8 Å². The molecule has 1 N–H and O–H groups in total. The number of hydrogen-bond acceptors (Lipinski definition) is 7. The van der Waals surface area contributed by atoms with Crippen molar-refractivity contribution in [2.45, 2.75) is 31.1 Å². The van der Waals surface area contributed by atoms with Crippen molar-refractivity contribution in [2.75, 3.05) is 19.5 Å². The quantitative estimate of drug-likeness (QED) is 0.431. The number of carbonyl (C=O) groups excluding carboxylic acids is 2. The third-order valence-corrected chi connectivity index (χ3v) is 7.66. The number of methoxy groups -OCH3 is 2. The zero-order chi connectivity index (χ0) is 27.5. The van der Waals surface area contributed by atoms with Gasteiger partial charge in [0.15, 0.2) is 5.17 Å². The molecule has 2 unspecified atom stereocenters. The highest BCUT2D eigenvalue weighted by Gasteiger charge is 2.39. The molecular weight excluding hydrogens is 519 g/mol. The van der Waals surface area contributed by atoms with E-state index in [0.29, 0.717) is 34.5 Å². The number of carbonyl (C=O) groups is 2. The van der Waals surface area contributed by atoms with Crippen LogP contribution in [0.4, 0.5) is 10.1 Å². The Morgan fingerprint density at radius 1 is 1.08 bits per heavy atom. The lowest BCUT2D eigenvalue weighted by molar-refractivity contribution is -0.121. The molecule has 0 bridgehead atoms. The maximum atomic E-state index is 13.7. The number of hydrazone groups is 1. The van der Waals surface area contributed by atoms with Crippen molar-refractivity contribution in [1.82, 2.24) is 5.01 Å². The molecule has 0 aromatic heterocycles. The van der Waals surface area contributed by atoms with Crippen LogP contribution >= 0.6 is 11.8 Å². The summed E-state index contributed by atoms with van der Waals surface area (Å²) in [5, 5.41) is 9.07. The van der Waals surface area contributed by atoms with E-state index in [1.807, 2.05) is 37.3 Å². The second-order valence-corrected chi connectivity index (χ2v) is 10.4. The van der Waals surface area contributed by atoms with Crippen molar-refractivity contribution >= 4 is 40.1 Å². The molecule has 8 nitrogen and oxygen atoms in total. The fraction of sp³-hybridized carbons (Fsp3) is 0.241. The SMILES string of the molecule is COc1ccc(OC)c(C2=NN(C3=NC(=O)C(CC(=O)Nc4ccc(C)cc4)S3)C(c3ccc(F)cc3)C2)c1. The maximum Gasteiger partial charge on any atom is 0.262 e. The van der Waals surface area contributed by atoms with E-state index in [9.17, 15) is 14.0 Å². The average Bonchev–Trinajstić information content (AvgIpc) is 3.54. The van der Waals surface area contributed by atoms with Gasteiger partial charge in [-0.3, -0.25) is 9.59 Å². The van der Waals surface area contributed by atoms with Crippen molar-refractivity contribution in [3.63, 3.8) is 0 Å². The van der Waals surface area contributed by atoms with Gasteiger partial charge in [0.25, 0.3) is 5.91 Å². The van der Waals surface area contributed by atoms with E-state index < -0.39 is 11.2 Å². The number of rotatable bonds is 7. The van der Waals surface area contributed by atoms with Crippen molar-refractivity contribution in [3.8, 4) is 11.5 Å². The fourth-order valence-corrected chi connectivity index (χ4v) is 5.52. The summed E-state index contributed by atoms with van der Waals surface area (Å²) < 4.78 is 24.7. The summed E-state index contributed by atoms with van der Waals surface area (Å²) in [5.74, 6) is 0.253. The summed E-state index contributed by atoms with van der Waals surface area (Å²) in [4.78, 5) is 29.8.